The summed E-state index contributed by atoms with van der Waals surface area (Å²) < 4.78 is 10.8. The van der Waals surface area contributed by atoms with Crippen LogP contribution in [-0.4, -0.2) is 55.7 Å². The molecule has 1 aliphatic heterocycles. The second-order valence-corrected chi connectivity index (χ2v) is 6.32. The van der Waals surface area contributed by atoms with Crippen molar-refractivity contribution in [1.29, 1.82) is 0 Å². The molecule has 0 spiro atoms. The van der Waals surface area contributed by atoms with Gasteiger partial charge in [-0.1, -0.05) is 36.8 Å². The number of carbonyl (C=O) groups excluding carboxylic acids is 3. The van der Waals surface area contributed by atoms with E-state index >= 15 is 0 Å². The maximum atomic E-state index is 12.9. The quantitative estimate of drug-likeness (QED) is 0.499. The summed E-state index contributed by atoms with van der Waals surface area (Å²) >= 11 is 0. The maximum Gasteiger partial charge on any atom is 0.312 e. The summed E-state index contributed by atoms with van der Waals surface area (Å²) in [7, 11) is 0. The Labute approximate surface area is 159 Å². The Kier molecular flexibility index (Phi) is 8.57. The second-order valence-electron chi connectivity index (χ2n) is 6.32. The van der Waals surface area contributed by atoms with E-state index in [4.69, 9.17) is 15.2 Å². The number of nitrogens with one attached hydrogen (secondary N) is 1. The smallest absolute Gasteiger partial charge is 0.312 e. The molecule has 3 amide bonds. The van der Waals surface area contributed by atoms with Crippen LogP contribution in [0.25, 0.3) is 0 Å². The lowest BCUT2D eigenvalue weighted by atomic mass is 10.1. The van der Waals surface area contributed by atoms with E-state index in [0.717, 1.165) is 12.8 Å². The topological polar surface area (TPSA) is 111 Å². The van der Waals surface area contributed by atoms with Crippen molar-refractivity contribution in [2.24, 2.45) is 5.73 Å². The van der Waals surface area contributed by atoms with Gasteiger partial charge in [-0.15, -0.1) is 0 Å². The number of urea groups is 1. The summed E-state index contributed by atoms with van der Waals surface area (Å²) in [5.41, 5.74) is 5.65. The van der Waals surface area contributed by atoms with E-state index in [1.807, 2.05) is 18.2 Å². The third-order valence-corrected chi connectivity index (χ3v) is 4.26. The van der Waals surface area contributed by atoms with Crippen molar-refractivity contribution < 1.29 is 23.9 Å². The molecule has 0 aliphatic carbocycles. The van der Waals surface area contributed by atoms with Crippen molar-refractivity contribution in [3.63, 3.8) is 0 Å². The first-order valence-corrected chi connectivity index (χ1v) is 9.22. The highest BCUT2D eigenvalue weighted by Crippen LogP contribution is 2.22. The van der Waals surface area contributed by atoms with Gasteiger partial charge in [0.25, 0.3) is 5.91 Å². The minimum absolute atomic E-state index is 0.219. The van der Waals surface area contributed by atoms with Crippen molar-refractivity contribution in [2.45, 2.75) is 31.8 Å². The highest BCUT2D eigenvalue weighted by Gasteiger charge is 2.30. The molecule has 1 saturated heterocycles. The lowest BCUT2D eigenvalue weighted by molar-refractivity contribution is -0.162. The molecule has 1 fully saturated rings. The molecule has 8 nitrogen and oxygen atoms in total. The Bertz CT molecular complexity index is 617. The van der Waals surface area contributed by atoms with E-state index in [9.17, 15) is 14.4 Å². The zero-order valence-corrected chi connectivity index (χ0v) is 15.4. The van der Waals surface area contributed by atoms with Gasteiger partial charge in [0, 0.05) is 31.6 Å². The molecule has 0 bridgehead atoms. The van der Waals surface area contributed by atoms with Gasteiger partial charge in [-0.2, -0.15) is 0 Å². The summed E-state index contributed by atoms with van der Waals surface area (Å²) in [6.07, 6.45) is 1.38. The SMILES string of the molecule is NC(=O)NCCCCCC(=O)O[C@@H](C(=O)N1CCOCC1)c1ccccc1. The van der Waals surface area contributed by atoms with Gasteiger partial charge in [0.15, 0.2) is 0 Å². The fourth-order valence-electron chi connectivity index (χ4n) is 2.81. The predicted octanol–water partition coefficient (Wildman–Crippen LogP) is 1.36. The van der Waals surface area contributed by atoms with Gasteiger partial charge < -0.3 is 25.4 Å². The van der Waals surface area contributed by atoms with Gasteiger partial charge >= 0.3 is 12.0 Å². The molecule has 8 heteroatoms. The Balaban J connectivity index is 1.87. The maximum absolute atomic E-state index is 12.9. The number of morpholine rings is 1. The molecule has 1 aromatic rings. The molecule has 3 N–H and O–H groups in total. The van der Waals surface area contributed by atoms with Crippen molar-refractivity contribution >= 4 is 17.9 Å². The number of benzene rings is 1. The van der Waals surface area contributed by atoms with Crippen LogP contribution in [0.2, 0.25) is 0 Å². The number of nitrogens with zero attached hydrogens (tertiary/aromatic N) is 1. The molecule has 0 aromatic heterocycles. The van der Waals surface area contributed by atoms with Crippen LogP contribution in [0, 0.1) is 0 Å². The van der Waals surface area contributed by atoms with Gasteiger partial charge in [-0.25, -0.2) is 4.79 Å². The zero-order valence-electron chi connectivity index (χ0n) is 15.4. The highest BCUT2D eigenvalue weighted by atomic mass is 16.5. The number of unbranched alkanes of at least 4 members (excludes halogenated alkanes) is 2. The first kappa shape index (κ1) is 20.7. The number of esters is 1. The molecule has 27 heavy (non-hydrogen) atoms. The average Bonchev–Trinajstić information content (AvgIpc) is 2.69. The highest BCUT2D eigenvalue weighted by molar-refractivity contribution is 5.85. The van der Waals surface area contributed by atoms with Gasteiger partial charge in [0.05, 0.1) is 13.2 Å². The van der Waals surface area contributed by atoms with Crippen LogP contribution in [0.1, 0.15) is 37.4 Å². The minimum atomic E-state index is -0.937. The van der Waals surface area contributed by atoms with Crippen molar-refractivity contribution in [1.82, 2.24) is 10.2 Å². The van der Waals surface area contributed by atoms with E-state index in [0.29, 0.717) is 44.8 Å². The average molecular weight is 377 g/mol. The number of hydrogen-bond acceptors (Lipinski definition) is 5. The van der Waals surface area contributed by atoms with E-state index in [1.54, 1.807) is 17.0 Å². The van der Waals surface area contributed by atoms with Crippen molar-refractivity contribution in [3.8, 4) is 0 Å². The van der Waals surface area contributed by atoms with E-state index in [2.05, 4.69) is 5.32 Å². The normalized spacial score (nSPS) is 15.0. The van der Waals surface area contributed by atoms with Gasteiger partial charge in [-0.3, -0.25) is 9.59 Å². The Morgan fingerprint density at radius 2 is 1.81 bits per heavy atom. The van der Waals surface area contributed by atoms with Crippen LogP contribution in [0.4, 0.5) is 4.79 Å². The van der Waals surface area contributed by atoms with Crippen LogP contribution in [-0.2, 0) is 19.1 Å². The number of carbonyl (C=O) groups is 3. The zero-order chi connectivity index (χ0) is 19.5. The first-order chi connectivity index (χ1) is 13.1. The number of amides is 3. The summed E-state index contributed by atoms with van der Waals surface area (Å²) in [6.45, 7) is 2.44. The Hall–Kier alpha value is -2.61. The molecular formula is C19H27N3O5. The Morgan fingerprint density at radius 3 is 2.48 bits per heavy atom. The van der Waals surface area contributed by atoms with Crippen LogP contribution in [0.5, 0.6) is 0 Å². The Morgan fingerprint density at radius 1 is 1.11 bits per heavy atom. The number of primary amides is 1. The second kappa shape index (κ2) is 11.2. The largest absolute Gasteiger partial charge is 0.447 e. The number of ether oxygens (including phenoxy) is 2. The van der Waals surface area contributed by atoms with Crippen molar-refractivity contribution in [3.05, 3.63) is 35.9 Å². The predicted molar refractivity (Wildman–Crippen MR) is 98.7 cm³/mol. The van der Waals surface area contributed by atoms with E-state index in [1.165, 1.54) is 0 Å². The summed E-state index contributed by atoms with van der Waals surface area (Å²) in [6, 6.07) is 8.49. The molecule has 148 valence electrons. The molecule has 0 unspecified atom stereocenters. The summed E-state index contributed by atoms with van der Waals surface area (Å²) in [5.74, 6) is -0.628. The number of rotatable bonds is 9. The molecular weight excluding hydrogens is 350 g/mol. The van der Waals surface area contributed by atoms with Gasteiger partial charge in [-0.05, 0) is 12.8 Å². The molecule has 0 radical (unpaired) electrons. The third-order valence-electron chi connectivity index (χ3n) is 4.26. The van der Waals surface area contributed by atoms with E-state index in [-0.39, 0.29) is 12.3 Å². The number of hydrogen-bond donors (Lipinski definition) is 2. The molecule has 0 saturated carbocycles. The lowest BCUT2D eigenvalue weighted by Gasteiger charge is -2.30. The third kappa shape index (κ3) is 7.26. The molecule has 1 aliphatic rings. The molecule has 1 atom stereocenters. The van der Waals surface area contributed by atoms with Crippen molar-refractivity contribution in [2.75, 3.05) is 32.8 Å². The van der Waals surface area contributed by atoms with Gasteiger partial charge in [0.1, 0.15) is 0 Å². The minimum Gasteiger partial charge on any atom is -0.447 e. The molecule has 1 heterocycles. The van der Waals surface area contributed by atoms with Crippen LogP contribution >= 0.6 is 0 Å². The standard InChI is InChI=1S/C19H27N3O5/c20-19(25)21-10-6-2-5-9-16(23)27-17(15-7-3-1-4-8-15)18(24)22-11-13-26-14-12-22/h1,3-4,7-8,17H,2,5-6,9-14H2,(H3,20,21,25)/t17-/m1/s1. The van der Waals surface area contributed by atoms with Crippen LogP contribution < -0.4 is 11.1 Å². The first-order valence-electron chi connectivity index (χ1n) is 9.22. The van der Waals surface area contributed by atoms with Crippen LogP contribution in [0.3, 0.4) is 0 Å². The lowest BCUT2D eigenvalue weighted by Crippen LogP contribution is -2.44. The molecule has 1 aromatic carbocycles. The molecule has 2 rings (SSSR count). The van der Waals surface area contributed by atoms with Crippen LogP contribution in [0.15, 0.2) is 30.3 Å². The fourth-order valence-corrected chi connectivity index (χ4v) is 2.81. The summed E-state index contributed by atoms with van der Waals surface area (Å²) in [5, 5.41) is 2.50. The summed E-state index contributed by atoms with van der Waals surface area (Å²) in [4.78, 5) is 37.4. The fraction of sp³-hybridized carbons (Fsp3) is 0.526. The monoisotopic (exact) mass is 377 g/mol. The van der Waals surface area contributed by atoms with E-state index < -0.39 is 18.1 Å². The number of nitrogens with two attached hydrogens (primary N) is 1. The van der Waals surface area contributed by atoms with Gasteiger partial charge in [0.2, 0.25) is 6.10 Å².